The summed E-state index contributed by atoms with van der Waals surface area (Å²) in [5.41, 5.74) is 1.61. The smallest absolute Gasteiger partial charge is 0.261 e. The second kappa shape index (κ2) is 8.06. The number of nitrogens with one attached hydrogen (secondary N) is 2. The number of H-pyrrole nitrogens is 1. The Balaban J connectivity index is 0.00000196. The Morgan fingerprint density at radius 2 is 1.62 bits per heavy atom. The summed E-state index contributed by atoms with van der Waals surface area (Å²) < 4.78 is 0. The first-order valence-corrected chi connectivity index (χ1v) is 9.01. The number of pyridine rings is 1. The summed E-state index contributed by atoms with van der Waals surface area (Å²) in [6, 6.07) is 13.1. The molecule has 2 aromatic rings. The lowest BCUT2D eigenvalue weighted by Crippen LogP contribution is -2.36. The molecule has 2 saturated heterocycles. The van der Waals surface area contributed by atoms with Crippen molar-refractivity contribution >= 4 is 18.3 Å². The Morgan fingerprint density at radius 3 is 2.23 bits per heavy atom. The number of halogens is 1. The Kier molecular flexibility index (Phi) is 5.79. The molecule has 1 amide bonds. The SMILES string of the molecule is Cl.O=C(c1ccc(-c2ccccc2)[nH]c1=O)N1CC[C@@H]2CNC[C@@H]2CC1. The summed E-state index contributed by atoms with van der Waals surface area (Å²) in [4.78, 5) is 30.0. The molecule has 5 nitrogen and oxygen atoms in total. The number of aromatic nitrogens is 1. The fraction of sp³-hybridized carbons (Fsp3) is 0.400. The normalized spacial score (nSPS) is 22.2. The van der Waals surface area contributed by atoms with E-state index in [1.165, 1.54) is 0 Å². The predicted octanol–water partition coefficient (Wildman–Crippen LogP) is 2.54. The van der Waals surface area contributed by atoms with Crippen molar-refractivity contribution in [3.8, 4) is 11.3 Å². The molecule has 3 heterocycles. The second-order valence-electron chi connectivity index (χ2n) is 7.03. The van der Waals surface area contributed by atoms with Gasteiger partial charge < -0.3 is 15.2 Å². The second-order valence-corrected chi connectivity index (χ2v) is 7.03. The van der Waals surface area contributed by atoms with E-state index in [-0.39, 0.29) is 29.4 Å². The molecule has 4 rings (SSSR count). The number of amides is 1. The van der Waals surface area contributed by atoms with Crippen LogP contribution >= 0.6 is 12.4 Å². The number of fused-ring (bicyclic) bond motifs is 1. The van der Waals surface area contributed by atoms with E-state index in [2.05, 4.69) is 10.3 Å². The minimum atomic E-state index is -0.308. The third-order valence-corrected chi connectivity index (χ3v) is 5.53. The van der Waals surface area contributed by atoms with E-state index in [0.717, 1.165) is 50.3 Å². The van der Waals surface area contributed by atoms with Crippen molar-refractivity contribution in [1.82, 2.24) is 15.2 Å². The summed E-state index contributed by atoms with van der Waals surface area (Å²) in [6.07, 6.45) is 2.03. The quantitative estimate of drug-likeness (QED) is 0.850. The van der Waals surface area contributed by atoms with Gasteiger partial charge in [-0.25, -0.2) is 0 Å². The first kappa shape index (κ1) is 18.7. The average molecular weight is 374 g/mol. The van der Waals surface area contributed by atoms with E-state index in [1.54, 1.807) is 6.07 Å². The van der Waals surface area contributed by atoms with Crippen LogP contribution in [0, 0.1) is 11.8 Å². The number of aromatic amines is 1. The molecule has 2 atom stereocenters. The average Bonchev–Trinajstić information content (AvgIpc) is 3.00. The lowest BCUT2D eigenvalue weighted by Gasteiger charge is -2.20. The summed E-state index contributed by atoms with van der Waals surface area (Å²) in [5, 5.41) is 3.44. The zero-order chi connectivity index (χ0) is 17.2. The first-order valence-electron chi connectivity index (χ1n) is 9.01. The number of carbonyl (C=O) groups is 1. The van der Waals surface area contributed by atoms with Crippen LogP contribution in [-0.4, -0.2) is 42.0 Å². The van der Waals surface area contributed by atoms with Crippen LogP contribution in [0.25, 0.3) is 11.3 Å². The summed E-state index contributed by atoms with van der Waals surface area (Å²) in [5.74, 6) is 1.18. The maximum Gasteiger partial charge on any atom is 0.261 e. The van der Waals surface area contributed by atoms with E-state index >= 15 is 0 Å². The fourth-order valence-corrected chi connectivity index (χ4v) is 4.02. The number of carbonyl (C=O) groups excluding carboxylic acids is 1. The van der Waals surface area contributed by atoms with Crippen LogP contribution in [0.4, 0.5) is 0 Å². The standard InChI is InChI=1S/C20H23N3O2.ClH/c24-19-17(6-7-18(22-19)14-4-2-1-3-5-14)20(25)23-10-8-15-12-21-13-16(15)9-11-23;/h1-7,15-16,21H,8-13H2,(H,22,24);1H/t15-,16+;. The molecule has 0 aliphatic carbocycles. The van der Waals surface area contributed by atoms with Gasteiger partial charge in [-0.15, -0.1) is 12.4 Å². The van der Waals surface area contributed by atoms with Crippen molar-refractivity contribution in [2.75, 3.05) is 26.2 Å². The van der Waals surface area contributed by atoms with E-state index in [1.807, 2.05) is 41.3 Å². The molecular weight excluding hydrogens is 350 g/mol. The van der Waals surface area contributed by atoms with Crippen LogP contribution in [-0.2, 0) is 0 Å². The number of rotatable bonds is 2. The minimum absolute atomic E-state index is 0. The first-order chi connectivity index (χ1) is 12.2. The Morgan fingerprint density at radius 1 is 0.962 bits per heavy atom. The molecule has 6 heteroatoms. The van der Waals surface area contributed by atoms with Gasteiger partial charge in [-0.05, 0) is 55.5 Å². The van der Waals surface area contributed by atoms with Gasteiger partial charge in [0.05, 0.1) is 0 Å². The lowest BCUT2D eigenvalue weighted by molar-refractivity contribution is 0.0756. The molecule has 0 radical (unpaired) electrons. The molecule has 2 aliphatic heterocycles. The van der Waals surface area contributed by atoms with E-state index in [9.17, 15) is 9.59 Å². The van der Waals surface area contributed by atoms with Gasteiger partial charge in [-0.1, -0.05) is 30.3 Å². The number of hydrogen-bond donors (Lipinski definition) is 2. The third kappa shape index (κ3) is 3.69. The maximum absolute atomic E-state index is 12.8. The fourth-order valence-electron chi connectivity index (χ4n) is 4.02. The molecule has 0 bridgehead atoms. The van der Waals surface area contributed by atoms with Crippen molar-refractivity contribution in [3.63, 3.8) is 0 Å². The Labute approximate surface area is 159 Å². The van der Waals surface area contributed by atoms with Gasteiger partial charge in [0.25, 0.3) is 11.5 Å². The largest absolute Gasteiger partial charge is 0.338 e. The topological polar surface area (TPSA) is 65.2 Å². The van der Waals surface area contributed by atoms with E-state index < -0.39 is 0 Å². The van der Waals surface area contributed by atoms with Crippen LogP contribution < -0.4 is 10.9 Å². The molecule has 2 aliphatic rings. The molecule has 0 saturated carbocycles. The van der Waals surface area contributed by atoms with Crippen LogP contribution in [0.15, 0.2) is 47.3 Å². The molecule has 0 unspecified atom stereocenters. The highest BCUT2D eigenvalue weighted by atomic mass is 35.5. The van der Waals surface area contributed by atoms with Crippen molar-refractivity contribution in [3.05, 3.63) is 58.4 Å². The van der Waals surface area contributed by atoms with Crippen LogP contribution in [0.1, 0.15) is 23.2 Å². The zero-order valence-electron chi connectivity index (χ0n) is 14.6. The van der Waals surface area contributed by atoms with Gasteiger partial charge >= 0.3 is 0 Å². The Hall–Kier alpha value is -2.11. The van der Waals surface area contributed by atoms with Crippen molar-refractivity contribution in [2.45, 2.75) is 12.8 Å². The predicted molar refractivity (Wildman–Crippen MR) is 105 cm³/mol. The third-order valence-electron chi connectivity index (χ3n) is 5.53. The Bertz CT molecular complexity index is 807. The van der Waals surface area contributed by atoms with Gasteiger partial charge in [0.15, 0.2) is 0 Å². The van der Waals surface area contributed by atoms with Gasteiger partial charge in [0, 0.05) is 18.8 Å². The maximum atomic E-state index is 12.8. The van der Waals surface area contributed by atoms with E-state index in [0.29, 0.717) is 11.8 Å². The molecular formula is C20H24ClN3O2. The minimum Gasteiger partial charge on any atom is -0.338 e. The van der Waals surface area contributed by atoms with Crippen LogP contribution in [0.3, 0.4) is 0 Å². The van der Waals surface area contributed by atoms with Crippen LogP contribution in [0.5, 0.6) is 0 Å². The highest BCUT2D eigenvalue weighted by Gasteiger charge is 2.32. The van der Waals surface area contributed by atoms with Gasteiger partial charge in [-0.3, -0.25) is 9.59 Å². The summed E-state index contributed by atoms with van der Waals surface area (Å²) >= 11 is 0. The molecule has 2 N–H and O–H groups in total. The highest BCUT2D eigenvalue weighted by Crippen LogP contribution is 2.27. The number of likely N-dealkylation sites (tertiary alicyclic amines) is 1. The van der Waals surface area contributed by atoms with Crippen molar-refractivity contribution in [1.29, 1.82) is 0 Å². The summed E-state index contributed by atoms with van der Waals surface area (Å²) in [7, 11) is 0. The number of hydrogen-bond acceptors (Lipinski definition) is 3. The zero-order valence-corrected chi connectivity index (χ0v) is 15.4. The molecule has 0 spiro atoms. The summed E-state index contributed by atoms with van der Waals surface area (Å²) in [6.45, 7) is 3.58. The van der Waals surface area contributed by atoms with Crippen molar-refractivity contribution in [2.24, 2.45) is 11.8 Å². The van der Waals surface area contributed by atoms with Crippen LogP contribution in [0.2, 0.25) is 0 Å². The molecule has 1 aromatic heterocycles. The number of benzene rings is 1. The lowest BCUT2D eigenvalue weighted by atomic mass is 9.92. The van der Waals surface area contributed by atoms with E-state index in [4.69, 9.17) is 0 Å². The molecule has 2 fully saturated rings. The number of nitrogens with zero attached hydrogens (tertiary/aromatic N) is 1. The van der Waals surface area contributed by atoms with Gasteiger partial charge in [0.2, 0.25) is 0 Å². The van der Waals surface area contributed by atoms with Gasteiger partial charge in [-0.2, -0.15) is 0 Å². The molecule has 138 valence electrons. The van der Waals surface area contributed by atoms with Gasteiger partial charge in [0.1, 0.15) is 5.56 Å². The highest BCUT2D eigenvalue weighted by molar-refractivity contribution is 5.94. The molecule has 1 aromatic carbocycles. The monoisotopic (exact) mass is 373 g/mol. The van der Waals surface area contributed by atoms with Crippen molar-refractivity contribution < 1.29 is 4.79 Å². The molecule has 26 heavy (non-hydrogen) atoms.